The lowest BCUT2D eigenvalue weighted by Gasteiger charge is -2.45. The van der Waals surface area contributed by atoms with Gasteiger partial charge in [-0.15, -0.1) is 0 Å². The Morgan fingerprint density at radius 2 is 1.83 bits per heavy atom. The molecule has 1 aromatic carbocycles. The number of nitrogens with zero attached hydrogens (tertiary/aromatic N) is 3. The van der Waals surface area contributed by atoms with Gasteiger partial charge >= 0.3 is 0 Å². The van der Waals surface area contributed by atoms with Gasteiger partial charge in [0.1, 0.15) is 16.3 Å². The van der Waals surface area contributed by atoms with Crippen LogP contribution in [0.4, 0.5) is 5.69 Å². The fourth-order valence-corrected chi connectivity index (χ4v) is 3.92. The van der Waals surface area contributed by atoms with Crippen LogP contribution in [-0.4, -0.2) is 35.7 Å². The van der Waals surface area contributed by atoms with E-state index in [1.165, 1.54) is 12.1 Å². The summed E-state index contributed by atoms with van der Waals surface area (Å²) in [6, 6.07) is 3.78. The molecule has 130 valence electrons. The predicted octanol–water partition coefficient (Wildman–Crippen LogP) is 0.749. The van der Waals surface area contributed by atoms with Crippen LogP contribution in [0.2, 0.25) is 0 Å². The molecule has 9 nitrogen and oxygen atoms in total. The van der Waals surface area contributed by atoms with Gasteiger partial charge < -0.3 is 16.6 Å². The summed E-state index contributed by atoms with van der Waals surface area (Å²) in [5, 5.41) is 9.98. The molecule has 1 aliphatic heterocycles. The zero-order valence-corrected chi connectivity index (χ0v) is 13.7. The number of hydrogen-bond donors (Lipinski definition) is 4. The first-order chi connectivity index (χ1) is 11.2. The lowest BCUT2D eigenvalue weighted by atomic mass is 9.87. The second-order valence-corrected chi connectivity index (χ2v) is 7.34. The molecule has 3 rings (SSSR count). The van der Waals surface area contributed by atoms with E-state index < -0.39 is 26.4 Å². The van der Waals surface area contributed by atoms with Crippen LogP contribution in [0, 0.1) is 0 Å². The van der Waals surface area contributed by atoms with Crippen LogP contribution in [0.15, 0.2) is 33.1 Å². The van der Waals surface area contributed by atoms with E-state index >= 15 is 0 Å². The van der Waals surface area contributed by atoms with Gasteiger partial charge in [-0.2, -0.15) is 13.4 Å². The van der Waals surface area contributed by atoms with E-state index in [9.17, 15) is 13.5 Å². The molecule has 1 heterocycles. The van der Waals surface area contributed by atoms with E-state index in [2.05, 4.69) is 9.98 Å². The number of aliphatic imine (C=N–C) groups is 2. The Morgan fingerprint density at radius 3 is 2.42 bits per heavy atom. The minimum absolute atomic E-state index is 0.101. The lowest BCUT2D eigenvalue weighted by molar-refractivity contribution is 0.305. The first-order valence-corrected chi connectivity index (χ1v) is 8.97. The molecule has 0 atom stereocenters. The largest absolute Gasteiger partial charge is 0.506 e. The summed E-state index contributed by atoms with van der Waals surface area (Å²) in [5.41, 5.74) is 11.6. The third-order valence-corrected chi connectivity index (χ3v) is 5.23. The third kappa shape index (κ3) is 2.78. The summed E-state index contributed by atoms with van der Waals surface area (Å²) >= 11 is 0. The molecule has 0 amide bonds. The Bertz CT molecular complexity index is 828. The van der Waals surface area contributed by atoms with Gasteiger partial charge in [-0.25, -0.2) is 4.99 Å². The average molecular weight is 353 g/mol. The second-order valence-electron chi connectivity index (χ2n) is 5.95. The fraction of sp³-hybridized carbons (Fsp3) is 0.429. The zero-order chi connectivity index (χ0) is 17.5. The third-order valence-electron chi connectivity index (χ3n) is 4.33. The van der Waals surface area contributed by atoms with Crippen molar-refractivity contribution >= 4 is 27.7 Å². The Kier molecular flexibility index (Phi) is 3.88. The molecule has 1 aromatic rings. The first kappa shape index (κ1) is 16.5. The first-order valence-electron chi connectivity index (χ1n) is 7.53. The summed E-state index contributed by atoms with van der Waals surface area (Å²) in [4.78, 5) is 9.57. The molecule has 1 fully saturated rings. The highest BCUT2D eigenvalue weighted by Crippen LogP contribution is 2.40. The van der Waals surface area contributed by atoms with Gasteiger partial charge in [-0.1, -0.05) is 6.42 Å². The highest BCUT2D eigenvalue weighted by molar-refractivity contribution is 7.86. The van der Waals surface area contributed by atoms with E-state index in [0.717, 1.165) is 25.3 Å². The van der Waals surface area contributed by atoms with Crippen molar-refractivity contribution in [2.75, 3.05) is 4.90 Å². The van der Waals surface area contributed by atoms with Gasteiger partial charge in [0.05, 0.1) is 5.69 Å². The van der Waals surface area contributed by atoms with Crippen molar-refractivity contribution in [1.29, 1.82) is 0 Å². The second kappa shape index (κ2) is 5.64. The van der Waals surface area contributed by atoms with Crippen LogP contribution < -0.4 is 16.4 Å². The molecule has 6 N–H and O–H groups in total. The number of rotatable bonds is 2. The number of benzene rings is 1. The highest BCUT2D eigenvalue weighted by atomic mass is 32.2. The molecule has 0 radical (unpaired) electrons. The molecule has 1 saturated carbocycles. The lowest BCUT2D eigenvalue weighted by Crippen LogP contribution is -2.58. The van der Waals surface area contributed by atoms with Crippen LogP contribution in [0.1, 0.15) is 32.1 Å². The van der Waals surface area contributed by atoms with Crippen molar-refractivity contribution in [2.45, 2.75) is 42.7 Å². The van der Waals surface area contributed by atoms with Crippen molar-refractivity contribution < 1.29 is 18.1 Å². The predicted molar refractivity (Wildman–Crippen MR) is 89.5 cm³/mol. The number of anilines is 1. The molecule has 2 aliphatic rings. The monoisotopic (exact) mass is 353 g/mol. The number of phenolic OH excluding ortho intramolecular Hbond substituents is 1. The van der Waals surface area contributed by atoms with Crippen LogP contribution in [-0.2, 0) is 10.1 Å². The van der Waals surface area contributed by atoms with E-state index in [0.29, 0.717) is 18.5 Å². The number of aromatic hydroxyl groups is 1. The topological polar surface area (TPSA) is 155 Å². The number of phenols is 1. The summed E-state index contributed by atoms with van der Waals surface area (Å²) in [5.74, 6) is -0.343. The summed E-state index contributed by atoms with van der Waals surface area (Å²) in [7, 11) is -4.51. The summed E-state index contributed by atoms with van der Waals surface area (Å²) in [6.45, 7) is 0. The highest BCUT2D eigenvalue weighted by Gasteiger charge is 2.42. The number of guanidine groups is 2. The molecule has 1 aliphatic carbocycles. The van der Waals surface area contributed by atoms with Crippen molar-refractivity contribution in [3.63, 3.8) is 0 Å². The Morgan fingerprint density at radius 1 is 1.17 bits per heavy atom. The Labute approximate surface area is 139 Å². The van der Waals surface area contributed by atoms with E-state index in [-0.39, 0.29) is 11.9 Å². The molecular formula is C14H19N5O4S. The maximum atomic E-state index is 11.2. The molecule has 0 unspecified atom stereocenters. The Balaban J connectivity index is 2.09. The van der Waals surface area contributed by atoms with Crippen LogP contribution >= 0.6 is 0 Å². The van der Waals surface area contributed by atoms with Crippen molar-refractivity contribution in [3.05, 3.63) is 18.2 Å². The van der Waals surface area contributed by atoms with Gasteiger partial charge in [0, 0.05) is 6.07 Å². The molecule has 10 heteroatoms. The molecule has 1 spiro atoms. The van der Waals surface area contributed by atoms with E-state index in [1.54, 1.807) is 4.90 Å². The van der Waals surface area contributed by atoms with E-state index in [4.69, 9.17) is 16.0 Å². The van der Waals surface area contributed by atoms with Gasteiger partial charge in [0.2, 0.25) is 11.9 Å². The summed E-state index contributed by atoms with van der Waals surface area (Å²) < 4.78 is 31.6. The molecular weight excluding hydrogens is 334 g/mol. The molecule has 0 bridgehead atoms. The van der Waals surface area contributed by atoms with Crippen molar-refractivity contribution in [1.82, 2.24) is 0 Å². The van der Waals surface area contributed by atoms with Gasteiger partial charge in [-0.05, 0) is 37.8 Å². The van der Waals surface area contributed by atoms with Crippen LogP contribution in [0.3, 0.4) is 0 Å². The maximum absolute atomic E-state index is 11.2. The van der Waals surface area contributed by atoms with Gasteiger partial charge in [-0.3, -0.25) is 9.45 Å². The fourth-order valence-electron chi connectivity index (χ4n) is 3.36. The maximum Gasteiger partial charge on any atom is 0.298 e. The molecule has 0 saturated heterocycles. The minimum atomic E-state index is -4.51. The quantitative estimate of drug-likeness (QED) is 0.572. The standard InChI is InChI=1S/C14H19N5O4S/c15-12-17-13(16)19(14(18-12)6-2-1-3-7-14)9-4-5-11(10(20)8-9)24(21,22)23/h4-5,8,20H,1-3,6-7H2,(H,21,22,23)(H4,15,16,17,18). The minimum Gasteiger partial charge on any atom is -0.506 e. The number of hydrogen-bond acceptors (Lipinski definition) is 8. The smallest absolute Gasteiger partial charge is 0.298 e. The van der Waals surface area contributed by atoms with Crippen LogP contribution in [0.5, 0.6) is 5.75 Å². The van der Waals surface area contributed by atoms with Gasteiger partial charge in [0.25, 0.3) is 10.1 Å². The van der Waals surface area contributed by atoms with Crippen LogP contribution in [0.25, 0.3) is 0 Å². The molecule has 24 heavy (non-hydrogen) atoms. The van der Waals surface area contributed by atoms with Gasteiger partial charge in [0.15, 0.2) is 0 Å². The Hall–Kier alpha value is -2.33. The van der Waals surface area contributed by atoms with Crippen molar-refractivity contribution in [3.8, 4) is 5.75 Å². The normalized spacial score (nSPS) is 20.6. The zero-order valence-electron chi connectivity index (χ0n) is 12.9. The average Bonchev–Trinajstić information content (AvgIpc) is 2.45. The SMILES string of the molecule is NC1=NC2(CCCCC2)N(c2ccc(S(=O)(=O)O)c(O)c2)C(N)=N1. The van der Waals surface area contributed by atoms with Crippen molar-refractivity contribution in [2.24, 2.45) is 21.5 Å². The van der Waals surface area contributed by atoms with E-state index in [1.807, 2.05) is 0 Å². The molecule has 0 aromatic heterocycles. The number of nitrogens with two attached hydrogens (primary N) is 2. The summed E-state index contributed by atoms with van der Waals surface area (Å²) in [6.07, 6.45) is 4.38.